The van der Waals surface area contributed by atoms with Crippen molar-refractivity contribution < 1.29 is 0 Å². The van der Waals surface area contributed by atoms with Gasteiger partial charge in [0.25, 0.3) is 0 Å². The van der Waals surface area contributed by atoms with Crippen molar-refractivity contribution in [3.05, 3.63) is 18.0 Å². The van der Waals surface area contributed by atoms with Gasteiger partial charge < -0.3 is 5.73 Å². The maximum atomic E-state index is 6.45. The van der Waals surface area contributed by atoms with Crippen LogP contribution in [0.25, 0.3) is 0 Å². The van der Waals surface area contributed by atoms with Crippen LogP contribution in [0, 0.1) is 5.92 Å². The summed E-state index contributed by atoms with van der Waals surface area (Å²) in [6, 6.07) is 2.99. The van der Waals surface area contributed by atoms with Crippen LogP contribution in [-0.2, 0) is 6.42 Å². The normalized spacial score (nSPS) is 19.2. The summed E-state index contributed by atoms with van der Waals surface area (Å²) >= 11 is 0. The molecule has 1 atom stereocenters. The van der Waals surface area contributed by atoms with Gasteiger partial charge in [-0.05, 0) is 37.7 Å². The van der Waals surface area contributed by atoms with Crippen molar-refractivity contribution in [3.8, 4) is 0 Å². The molecule has 20 heavy (non-hydrogen) atoms. The summed E-state index contributed by atoms with van der Waals surface area (Å²) < 4.78 is 2.13. The molecule has 0 radical (unpaired) electrons. The van der Waals surface area contributed by atoms with Crippen LogP contribution in [0.4, 0.5) is 0 Å². The van der Waals surface area contributed by atoms with Gasteiger partial charge in [-0.2, -0.15) is 5.10 Å². The minimum Gasteiger partial charge on any atom is -0.327 e. The second-order valence-corrected chi connectivity index (χ2v) is 6.38. The zero-order valence-corrected chi connectivity index (χ0v) is 13.2. The van der Waals surface area contributed by atoms with Gasteiger partial charge in [0, 0.05) is 18.7 Å². The lowest BCUT2D eigenvalue weighted by atomic mass is 9.90. The van der Waals surface area contributed by atoms with E-state index in [1.807, 2.05) is 0 Å². The fourth-order valence-corrected chi connectivity index (χ4v) is 3.50. The Morgan fingerprint density at radius 2 is 1.85 bits per heavy atom. The van der Waals surface area contributed by atoms with Crippen LogP contribution in [0.2, 0.25) is 0 Å². The van der Waals surface area contributed by atoms with E-state index in [0.717, 1.165) is 19.3 Å². The van der Waals surface area contributed by atoms with Gasteiger partial charge in [0.2, 0.25) is 0 Å². The van der Waals surface area contributed by atoms with E-state index in [2.05, 4.69) is 30.8 Å². The van der Waals surface area contributed by atoms with Gasteiger partial charge in [-0.15, -0.1) is 0 Å². The summed E-state index contributed by atoms with van der Waals surface area (Å²) in [6.45, 7) is 4.46. The third kappa shape index (κ3) is 4.08. The Kier molecular flexibility index (Phi) is 6.08. The van der Waals surface area contributed by atoms with Crippen LogP contribution in [0.3, 0.4) is 0 Å². The molecule has 1 aromatic heterocycles. The predicted octanol–water partition coefficient (Wildman–Crippen LogP) is 4.08. The Bertz CT molecular complexity index is 373. The molecule has 1 fully saturated rings. The molecule has 0 bridgehead atoms. The molecule has 0 saturated heterocycles. The Labute approximate surface area is 123 Å². The monoisotopic (exact) mass is 277 g/mol. The highest BCUT2D eigenvalue weighted by atomic mass is 15.3. The molecule has 1 aliphatic carbocycles. The van der Waals surface area contributed by atoms with E-state index in [9.17, 15) is 0 Å². The summed E-state index contributed by atoms with van der Waals surface area (Å²) in [7, 11) is 0. The van der Waals surface area contributed by atoms with E-state index in [4.69, 9.17) is 10.8 Å². The first-order valence-corrected chi connectivity index (χ1v) is 8.54. The quantitative estimate of drug-likeness (QED) is 0.796. The van der Waals surface area contributed by atoms with Crippen LogP contribution in [-0.4, -0.2) is 15.8 Å². The maximum absolute atomic E-state index is 6.45. The lowest BCUT2D eigenvalue weighted by molar-refractivity contribution is 0.367. The summed E-state index contributed by atoms with van der Waals surface area (Å²) in [6.07, 6.45) is 13.5. The highest BCUT2D eigenvalue weighted by molar-refractivity contribution is 5.03. The minimum atomic E-state index is 0.290. The van der Waals surface area contributed by atoms with Gasteiger partial charge in [0.05, 0.1) is 11.7 Å². The molecule has 1 heterocycles. The highest BCUT2D eigenvalue weighted by Gasteiger charge is 2.20. The van der Waals surface area contributed by atoms with Gasteiger partial charge in [-0.1, -0.05) is 39.5 Å². The van der Waals surface area contributed by atoms with E-state index in [0.29, 0.717) is 12.0 Å². The fourth-order valence-electron chi connectivity index (χ4n) is 3.50. The largest absolute Gasteiger partial charge is 0.327 e. The van der Waals surface area contributed by atoms with E-state index in [1.165, 1.54) is 44.2 Å². The molecule has 1 aliphatic rings. The van der Waals surface area contributed by atoms with Crippen molar-refractivity contribution in [3.63, 3.8) is 0 Å². The number of rotatable bonds is 6. The zero-order valence-electron chi connectivity index (χ0n) is 13.2. The van der Waals surface area contributed by atoms with Crippen molar-refractivity contribution >= 4 is 0 Å². The number of hydrogen-bond donors (Lipinski definition) is 1. The highest BCUT2D eigenvalue weighted by Crippen LogP contribution is 2.26. The van der Waals surface area contributed by atoms with Crippen molar-refractivity contribution in [1.82, 2.24) is 9.78 Å². The molecule has 1 unspecified atom stereocenters. The molecule has 1 aromatic rings. The predicted molar refractivity (Wildman–Crippen MR) is 84.7 cm³/mol. The lowest BCUT2D eigenvalue weighted by Gasteiger charge is -2.21. The number of nitrogens with zero attached hydrogens (tertiary/aromatic N) is 2. The molecule has 1 saturated carbocycles. The van der Waals surface area contributed by atoms with Crippen molar-refractivity contribution in [2.75, 3.05) is 0 Å². The molecule has 0 aromatic carbocycles. The molecule has 3 heteroatoms. The molecular formula is C17H31N3. The maximum Gasteiger partial charge on any atom is 0.0640 e. The van der Waals surface area contributed by atoms with E-state index in [-0.39, 0.29) is 6.04 Å². The van der Waals surface area contributed by atoms with Gasteiger partial charge in [0.15, 0.2) is 0 Å². The van der Waals surface area contributed by atoms with Crippen LogP contribution >= 0.6 is 0 Å². The van der Waals surface area contributed by atoms with Gasteiger partial charge in [-0.25, -0.2) is 0 Å². The standard InChI is InChI=1S/C17H31N3/c1-3-16(4-2)20-12-11-15(19-20)13-17(18)14-9-7-5-6-8-10-14/h11-12,14,16-17H,3-10,13,18H2,1-2H3. The van der Waals surface area contributed by atoms with E-state index in [1.54, 1.807) is 0 Å². The average Bonchev–Trinajstić information content (AvgIpc) is 2.75. The first kappa shape index (κ1) is 15.6. The van der Waals surface area contributed by atoms with Crippen LogP contribution in [0.15, 0.2) is 12.3 Å². The van der Waals surface area contributed by atoms with Crippen molar-refractivity contribution in [2.45, 2.75) is 83.7 Å². The second kappa shape index (κ2) is 7.82. The Hall–Kier alpha value is -0.830. The van der Waals surface area contributed by atoms with Crippen LogP contribution in [0.1, 0.15) is 76.9 Å². The topological polar surface area (TPSA) is 43.8 Å². The van der Waals surface area contributed by atoms with Crippen LogP contribution in [0.5, 0.6) is 0 Å². The third-order valence-electron chi connectivity index (χ3n) is 4.93. The van der Waals surface area contributed by atoms with E-state index >= 15 is 0 Å². The van der Waals surface area contributed by atoms with Crippen molar-refractivity contribution in [1.29, 1.82) is 0 Å². The molecule has 2 rings (SSSR count). The smallest absolute Gasteiger partial charge is 0.0640 e. The fraction of sp³-hybridized carbons (Fsp3) is 0.824. The number of hydrogen-bond acceptors (Lipinski definition) is 2. The molecule has 2 N–H and O–H groups in total. The van der Waals surface area contributed by atoms with Gasteiger partial charge >= 0.3 is 0 Å². The lowest BCUT2D eigenvalue weighted by Crippen LogP contribution is -2.32. The SMILES string of the molecule is CCC(CC)n1ccc(CC(N)C2CCCCCC2)n1. The summed E-state index contributed by atoms with van der Waals surface area (Å²) in [4.78, 5) is 0. The molecule has 3 nitrogen and oxygen atoms in total. The molecule has 0 amide bonds. The minimum absolute atomic E-state index is 0.290. The number of aromatic nitrogens is 2. The Morgan fingerprint density at radius 1 is 1.20 bits per heavy atom. The van der Waals surface area contributed by atoms with E-state index < -0.39 is 0 Å². The summed E-state index contributed by atoms with van der Waals surface area (Å²) in [5.41, 5.74) is 7.63. The Morgan fingerprint density at radius 3 is 2.45 bits per heavy atom. The second-order valence-electron chi connectivity index (χ2n) is 6.38. The first-order valence-electron chi connectivity index (χ1n) is 8.54. The zero-order chi connectivity index (χ0) is 14.4. The average molecular weight is 277 g/mol. The van der Waals surface area contributed by atoms with Crippen molar-refractivity contribution in [2.24, 2.45) is 11.7 Å². The Balaban J connectivity index is 1.91. The molecular weight excluding hydrogens is 246 g/mol. The third-order valence-corrected chi connectivity index (χ3v) is 4.93. The van der Waals surface area contributed by atoms with Gasteiger partial charge in [-0.3, -0.25) is 4.68 Å². The van der Waals surface area contributed by atoms with Gasteiger partial charge in [0.1, 0.15) is 0 Å². The summed E-state index contributed by atoms with van der Waals surface area (Å²) in [5.74, 6) is 0.704. The number of nitrogens with two attached hydrogens (primary N) is 1. The molecule has 0 spiro atoms. The summed E-state index contributed by atoms with van der Waals surface area (Å²) in [5, 5.41) is 4.75. The first-order chi connectivity index (χ1) is 9.74. The van der Waals surface area contributed by atoms with Crippen LogP contribution < -0.4 is 5.73 Å². The molecule has 0 aliphatic heterocycles. The molecule has 114 valence electrons.